The molecule has 1 N–H and O–H groups in total. The quantitative estimate of drug-likeness (QED) is 0.602. The molecule has 1 atom stereocenters. The van der Waals surface area contributed by atoms with Crippen molar-refractivity contribution < 1.29 is 4.79 Å². The molecule has 14 heavy (non-hydrogen) atoms. The smallest absolute Gasteiger partial charge is 0.152 e. The van der Waals surface area contributed by atoms with Gasteiger partial charge in [-0.3, -0.25) is 0 Å². The largest absolute Gasteiger partial charge is 0.349 e. The van der Waals surface area contributed by atoms with E-state index in [-0.39, 0.29) is 4.99 Å². The van der Waals surface area contributed by atoms with Crippen LogP contribution >= 0.6 is 12.2 Å². The zero-order valence-electron chi connectivity index (χ0n) is 7.31. The van der Waals surface area contributed by atoms with Crippen LogP contribution < -0.4 is 5.32 Å². The minimum atomic E-state index is -0.870. The number of nitrogens with one attached hydrogen (secondary N) is 1. The number of carbonyl (C=O) groups is 1. The molecule has 0 aromatic heterocycles. The molecule has 0 spiro atoms. The summed E-state index contributed by atoms with van der Waals surface area (Å²) in [7, 11) is 0. The number of nitrogens with zero attached hydrogens (tertiary/aromatic N) is 1. The number of thiocarbonyl (C=S) groups is 1. The fraction of sp³-hybridized carbons (Fsp3) is 0.100. The van der Waals surface area contributed by atoms with E-state index >= 15 is 0 Å². The number of anilines is 1. The standard InChI is InChI=1S/C10H8N2OS/c11-6-8(7-13)10(14)12-9-4-2-1-3-5-9/h1-5,7-8H,(H,12,14). The lowest BCUT2D eigenvalue weighted by Gasteiger charge is -2.07. The summed E-state index contributed by atoms with van der Waals surface area (Å²) >= 11 is 4.89. The number of aldehydes is 1. The van der Waals surface area contributed by atoms with E-state index in [0.29, 0.717) is 6.29 Å². The third kappa shape index (κ3) is 2.64. The Balaban J connectivity index is 2.67. The molecule has 0 fully saturated rings. The number of carbonyl (C=O) groups excluding carboxylic acids is 1. The maximum Gasteiger partial charge on any atom is 0.152 e. The molecule has 0 saturated heterocycles. The van der Waals surface area contributed by atoms with Crippen LogP contribution in [0.1, 0.15) is 0 Å². The average molecular weight is 204 g/mol. The van der Waals surface area contributed by atoms with Crippen molar-refractivity contribution in [3.05, 3.63) is 30.3 Å². The summed E-state index contributed by atoms with van der Waals surface area (Å²) in [5.41, 5.74) is 0.777. The summed E-state index contributed by atoms with van der Waals surface area (Å²) in [5.74, 6) is -0.870. The summed E-state index contributed by atoms with van der Waals surface area (Å²) in [6.07, 6.45) is 0.526. The Morgan fingerprint density at radius 3 is 2.64 bits per heavy atom. The first-order valence-electron chi connectivity index (χ1n) is 3.98. The Morgan fingerprint density at radius 2 is 2.14 bits per heavy atom. The highest BCUT2D eigenvalue weighted by Gasteiger charge is 2.11. The van der Waals surface area contributed by atoms with Gasteiger partial charge in [0.1, 0.15) is 11.3 Å². The highest BCUT2D eigenvalue weighted by molar-refractivity contribution is 7.80. The lowest BCUT2D eigenvalue weighted by molar-refractivity contribution is -0.108. The van der Waals surface area contributed by atoms with Gasteiger partial charge in [-0.15, -0.1) is 0 Å². The summed E-state index contributed by atoms with van der Waals surface area (Å²) in [6, 6.07) is 11.0. The lowest BCUT2D eigenvalue weighted by atomic mass is 10.2. The van der Waals surface area contributed by atoms with E-state index in [1.807, 2.05) is 30.3 Å². The van der Waals surface area contributed by atoms with Crippen LogP contribution in [0.25, 0.3) is 0 Å². The molecule has 0 heterocycles. The average Bonchev–Trinajstić information content (AvgIpc) is 2.21. The molecule has 3 nitrogen and oxygen atoms in total. The lowest BCUT2D eigenvalue weighted by Crippen LogP contribution is -2.20. The first-order chi connectivity index (χ1) is 6.77. The predicted molar refractivity (Wildman–Crippen MR) is 57.8 cm³/mol. The first kappa shape index (κ1) is 10.4. The summed E-state index contributed by atoms with van der Waals surface area (Å²) < 4.78 is 0. The van der Waals surface area contributed by atoms with Crippen molar-refractivity contribution in [2.24, 2.45) is 5.92 Å². The van der Waals surface area contributed by atoms with Crippen LogP contribution in [0.15, 0.2) is 30.3 Å². The van der Waals surface area contributed by atoms with Crippen molar-refractivity contribution in [3.63, 3.8) is 0 Å². The summed E-state index contributed by atoms with van der Waals surface area (Å²) in [6.45, 7) is 0. The maximum absolute atomic E-state index is 10.4. The van der Waals surface area contributed by atoms with Crippen LogP contribution in [-0.4, -0.2) is 11.3 Å². The van der Waals surface area contributed by atoms with Gasteiger partial charge in [-0.2, -0.15) is 5.26 Å². The molecule has 70 valence electrons. The number of para-hydroxylation sites is 1. The molecule has 0 amide bonds. The van der Waals surface area contributed by atoms with Crippen LogP contribution in [0.3, 0.4) is 0 Å². The zero-order chi connectivity index (χ0) is 10.4. The molecule has 0 saturated carbocycles. The molecule has 0 bridgehead atoms. The molecule has 1 unspecified atom stereocenters. The second-order valence-corrected chi connectivity index (χ2v) is 3.04. The number of benzene rings is 1. The monoisotopic (exact) mass is 204 g/mol. The number of rotatable bonds is 3. The molecule has 0 aliphatic rings. The van der Waals surface area contributed by atoms with Crippen LogP contribution in [0.4, 0.5) is 5.69 Å². The maximum atomic E-state index is 10.4. The van der Waals surface area contributed by atoms with E-state index in [0.717, 1.165) is 5.69 Å². The van der Waals surface area contributed by atoms with Gasteiger partial charge in [0.25, 0.3) is 0 Å². The fourth-order valence-electron chi connectivity index (χ4n) is 0.892. The van der Waals surface area contributed by atoms with Gasteiger partial charge in [-0.25, -0.2) is 0 Å². The predicted octanol–water partition coefficient (Wildman–Crippen LogP) is 1.76. The molecule has 0 aliphatic heterocycles. The van der Waals surface area contributed by atoms with Gasteiger partial charge >= 0.3 is 0 Å². The third-order valence-electron chi connectivity index (χ3n) is 1.60. The highest BCUT2D eigenvalue weighted by atomic mass is 32.1. The summed E-state index contributed by atoms with van der Waals surface area (Å²) in [5, 5.41) is 11.4. The van der Waals surface area contributed by atoms with E-state index in [9.17, 15) is 4.79 Å². The third-order valence-corrected chi connectivity index (χ3v) is 1.95. The topological polar surface area (TPSA) is 52.9 Å². The summed E-state index contributed by atoms with van der Waals surface area (Å²) in [4.78, 5) is 10.6. The molecule has 1 rings (SSSR count). The molecular weight excluding hydrogens is 196 g/mol. The minimum Gasteiger partial charge on any atom is -0.349 e. The fourth-order valence-corrected chi connectivity index (χ4v) is 1.12. The van der Waals surface area contributed by atoms with E-state index in [2.05, 4.69) is 5.32 Å². The van der Waals surface area contributed by atoms with E-state index < -0.39 is 5.92 Å². The SMILES string of the molecule is N#CC(C=O)C(=S)Nc1ccccc1. The Morgan fingerprint density at radius 1 is 1.50 bits per heavy atom. The Labute approximate surface area is 87.4 Å². The Kier molecular flexibility index (Phi) is 3.77. The van der Waals surface area contributed by atoms with Gasteiger partial charge in [-0.1, -0.05) is 30.4 Å². The second kappa shape index (κ2) is 5.10. The molecule has 4 heteroatoms. The molecule has 1 aromatic carbocycles. The van der Waals surface area contributed by atoms with Crippen molar-refractivity contribution in [1.82, 2.24) is 0 Å². The van der Waals surface area contributed by atoms with Crippen molar-refractivity contribution in [3.8, 4) is 6.07 Å². The van der Waals surface area contributed by atoms with Crippen molar-refractivity contribution >= 4 is 29.2 Å². The van der Waals surface area contributed by atoms with Crippen LogP contribution in [0, 0.1) is 17.2 Å². The number of hydrogen-bond donors (Lipinski definition) is 1. The zero-order valence-corrected chi connectivity index (χ0v) is 8.12. The van der Waals surface area contributed by atoms with Gasteiger partial charge in [0, 0.05) is 5.69 Å². The normalized spacial score (nSPS) is 11.1. The highest BCUT2D eigenvalue weighted by Crippen LogP contribution is 2.07. The van der Waals surface area contributed by atoms with Crippen LogP contribution in [0.5, 0.6) is 0 Å². The Hall–Kier alpha value is -1.73. The Bertz CT molecular complexity index is 369. The van der Waals surface area contributed by atoms with Crippen LogP contribution in [-0.2, 0) is 4.79 Å². The van der Waals surface area contributed by atoms with Gasteiger partial charge in [-0.05, 0) is 12.1 Å². The van der Waals surface area contributed by atoms with Gasteiger partial charge in [0.15, 0.2) is 5.92 Å². The second-order valence-electron chi connectivity index (χ2n) is 2.60. The van der Waals surface area contributed by atoms with Crippen LogP contribution in [0.2, 0.25) is 0 Å². The molecule has 0 radical (unpaired) electrons. The van der Waals surface area contributed by atoms with E-state index in [1.54, 1.807) is 6.07 Å². The van der Waals surface area contributed by atoms with Gasteiger partial charge in [0.2, 0.25) is 0 Å². The van der Waals surface area contributed by atoms with Crippen molar-refractivity contribution in [1.29, 1.82) is 5.26 Å². The van der Waals surface area contributed by atoms with E-state index in [1.165, 1.54) is 0 Å². The molecule has 0 aliphatic carbocycles. The molecular formula is C10H8N2OS. The van der Waals surface area contributed by atoms with E-state index in [4.69, 9.17) is 17.5 Å². The van der Waals surface area contributed by atoms with Gasteiger partial charge in [0.05, 0.1) is 6.07 Å². The number of hydrogen-bond acceptors (Lipinski definition) is 3. The first-order valence-corrected chi connectivity index (χ1v) is 4.39. The van der Waals surface area contributed by atoms with Crippen molar-refractivity contribution in [2.75, 3.05) is 5.32 Å². The molecule has 1 aromatic rings. The number of nitriles is 1. The minimum absolute atomic E-state index is 0.230. The van der Waals surface area contributed by atoms with Gasteiger partial charge < -0.3 is 10.1 Å². The van der Waals surface area contributed by atoms with Crippen molar-refractivity contribution in [2.45, 2.75) is 0 Å².